The van der Waals surface area contributed by atoms with Crippen LogP contribution in [0.3, 0.4) is 0 Å². The molecule has 1 aliphatic carbocycles. The van der Waals surface area contributed by atoms with Gasteiger partial charge in [0.1, 0.15) is 11.6 Å². The van der Waals surface area contributed by atoms with Crippen molar-refractivity contribution in [3.63, 3.8) is 0 Å². The minimum atomic E-state index is -0.386. The van der Waals surface area contributed by atoms with Crippen molar-refractivity contribution in [2.45, 2.75) is 41.0 Å². The molecule has 0 N–H and O–H groups in total. The topological polar surface area (TPSA) is 26.3 Å². The number of hydrogen-bond donors (Lipinski definition) is 0. The fraction of sp³-hybridized carbons (Fsp3) is 0.381. The average molecular weight is 328 g/mol. The van der Waals surface area contributed by atoms with E-state index < -0.39 is 0 Å². The van der Waals surface area contributed by atoms with E-state index in [0.29, 0.717) is 5.75 Å². The molecule has 0 bridgehead atoms. The van der Waals surface area contributed by atoms with Gasteiger partial charge < -0.3 is 4.74 Å². The van der Waals surface area contributed by atoms with Crippen LogP contribution in [-0.4, -0.2) is 5.97 Å². The van der Waals surface area contributed by atoms with Crippen LogP contribution in [0.4, 0.5) is 4.39 Å². The number of carbonyl (C=O) groups is 1. The maximum atomic E-state index is 12.9. The van der Waals surface area contributed by atoms with E-state index in [4.69, 9.17) is 4.74 Å². The summed E-state index contributed by atoms with van der Waals surface area (Å²) < 4.78 is 18.4. The van der Waals surface area contributed by atoms with E-state index in [-0.39, 0.29) is 22.6 Å². The molecule has 128 valence electrons. The lowest BCUT2D eigenvalue weighted by molar-refractivity contribution is -0.141. The molecule has 0 spiro atoms. The molecule has 1 aliphatic rings. The van der Waals surface area contributed by atoms with E-state index in [9.17, 15) is 9.18 Å². The minimum absolute atomic E-state index is 0.0120. The molecule has 3 heteroatoms. The SMILES string of the molecule is CC.CC1(C)CC1(C)C(=O)Oc1ccc(-c2ccc(F)cc2)cc1. The fourth-order valence-electron chi connectivity index (χ4n) is 2.77. The molecule has 0 heterocycles. The summed E-state index contributed by atoms with van der Waals surface area (Å²) in [5, 5.41) is 0. The Balaban J connectivity index is 0.00000100. The van der Waals surface area contributed by atoms with Gasteiger partial charge in [-0.3, -0.25) is 4.79 Å². The van der Waals surface area contributed by atoms with E-state index in [0.717, 1.165) is 17.5 Å². The summed E-state index contributed by atoms with van der Waals surface area (Å²) in [6, 6.07) is 13.6. The highest BCUT2D eigenvalue weighted by Gasteiger charge is 2.63. The van der Waals surface area contributed by atoms with Gasteiger partial charge in [0.25, 0.3) is 0 Å². The number of esters is 1. The van der Waals surface area contributed by atoms with Crippen molar-refractivity contribution in [1.82, 2.24) is 0 Å². The zero-order valence-electron chi connectivity index (χ0n) is 15.0. The van der Waals surface area contributed by atoms with Crippen LogP contribution in [0.15, 0.2) is 48.5 Å². The Labute approximate surface area is 143 Å². The molecule has 2 aromatic rings. The molecule has 24 heavy (non-hydrogen) atoms. The van der Waals surface area contributed by atoms with Crippen LogP contribution in [-0.2, 0) is 4.79 Å². The molecular weight excluding hydrogens is 303 g/mol. The van der Waals surface area contributed by atoms with Crippen LogP contribution in [0.25, 0.3) is 11.1 Å². The first-order valence-electron chi connectivity index (χ1n) is 8.40. The summed E-state index contributed by atoms with van der Waals surface area (Å²) in [4.78, 5) is 12.2. The molecule has 0 amide bonds. The zero-order chi connectivity index (χ0) is 18.0. The predicted molar refractivity (Wildman–Crippen MR) is 95.3 cm³/mol. The fourth-order valence-corrected chi connectivity index (χ4v) is 2.77. The summed E-state index contributed by atoms with van der Waals surface area (Å²) in [5.74, 6) is 0.112. The molecule has 1 fully saturated rings. The zero-order valence-corrected chi connectivity index (χ0v) is 15.0. The predicted octanol–water partition coefficient (Wildman–Crippen LogP) is 5.86. The molecule has 0 aliphatic heterocycles. The van der Waals surface area contributed by atoms with Crippen LogP contribution in [0.5, 0.6) is 5.75 Å². The largest absolute Gasteiger partial charge is 0.426 e. The Morgan fingerprint density at radius 1 is 0.917 bits per heavy atom. The number of carbonyl (C=O) groups excluding carboxylic acids is 1. The summed E-state index contributed by atoms with van der Waals surface area (Å²) in [7, 11) is 0. The molecule has 0 radical (unpaired) electrons. The summed E-state index contributed by atoms with van der Waals surface area (Å²) in [6.45, 7) is 10.1. The maximum absolute atomic E-state index is 12.9. The van der Waals surface area contributed by atoms with Crippen molar-refractivity contribution < 1.29 is 13.9 Å². The number of rotatable bonds is 3. The lowest BCUT2D eigenvalue weighted by atomic mass is 9.98. The second-order valence-electron chi connectivity index (χ2n) is 6.81. The first-order valence-corrected chi connectivity index (χ1v) is 8.40. The van der Waals surface area contributed by atoms with Crippen molar-refractivity contribution in [3.05, 3.63) is 54.3 Å². The van der Waals surface area contributed by atoms with Gasteiger partial charge >= 0.3 is 5.97 Å². The van der Waals surface area contributed by atoms with Crippen molar-refractivity contribution in [3.8, 4) is 16.9 Å². The van der Waals surface area contributed by atoms with Gasteiger partial charge in [-0.1, -0.05) is 52.0 Å². The Morgan fingerprint density at radius 3 is 1.75 bits per heavy atom. The molecule has 0 aromatic heterocycles. The lowest BCUT2D eigenvalue weighted by Crippen LogP contribution is -2.23. The van der Waals surface area contributed by atoms with Gasteiger partial charge in [-0.2, -0.15) is 0 Å². The third kappa shape index (κ3) is 3.50. The van der Waals surface area contributed by atoms with Crippen LogP contribution in [0.2, 0.25) is 0 Å². The van der Waals surface area contributed by atoms with Crippen molar-refractivity contribution >= 4 is 5.97 Å². The molecule has 2 nitrogen and oxygen atoms in total. The van der Waals surface area contributed by atoms with Crippen LogP contribution in [0, 0.1) is 16.6 Å². The van der Waals surface area contributed by atoms with Crippen LogP contribution >= 0.6 is 0 Å². The highest BCUT2D eigenvalue weighted by atomic mass is 19.1. The van der Waals surface area contributed by atoms with E-state index in [1.807, 2.05) is 32.9 Å². The average Bonchev–Trinajstić information content (AvgIpc) is 3.11. The highest BCUT2D eigenvalue weighted by Crippen LogP contribution is 2.63. The third-order valence-electron chi connectivity index (χ3n) is 4.86. The quantitative estimate of drug-likeness (QED) is 0.521. The van der Waals surface area contributed by atoms with Gasteiger partial charge in [0.15, 0.2) is 0 Å². The first kappa shape index (κ1) is 18.2. The number of hydrogen-bond acceptors (Lipinski definition) is 2. The summed E-state index contributed by atoms with van der Waals surface area (Å²) >= 11 is 0. The lowest BCUT2D eigenvalue weighted by Gasteiger charge is -2.14. The Kier molecular flexibility index (Phi) is 5.12. The van der Waals surface area contributed by atoms with Crippen LogP contribution < -0.4 is 4.74 Å². The second kappa shape index (κ2) is 6.76. The molecule has 1 atom stereocenters. The van der Waals surface area contributed by atoms with Crippen LogP contribution in [0.1, 0.15) is 41.0 Å². The molecule has 1 unspecified atom stereocenters. The molecule has 2 aromatic carbocycles. The van der Waals surface area contributed by atoms with E-state index >= 15 is 0 Å². The van der Waals surface area contributed by atoms with E-state index in [2.05, 4.69) is 13.8 Å². The standard InChI is InChI=1S/C19H19FO2.C2H6/c1-18(2)12-19(18,3)17(21)22-16-10-6-14(7-11-16)13-4-8-15(20)9-5-13;1-2/h4-11H,12H2,1-3H3;1-2H3. The smallest absolute Gasteiger partial charge is 0.317 e. The number of ether oxygens (including phenoxy) is 1. The number of halogens is 1. The van der Waals surface area contributed by atoms with Gasteiger partial charge in [-0.15, -0.1) is 0 Å². The van der Waals surface area contributed by atoms with E-state index in [1.165, 1.54) is 12.1 Å². The molecular formula is C21H25FO2. The molecule has 0 saturated heterocycles. The van der Waals surface area contributed by atoms with E-state index in [1.54, 1.807) is 24.3 Å². The van der Waals surface area contributed by atoms with Gasteiger partial charge in [0, 0.05) is 0 Å². The molecule has 3 rings (SSSR count). The van der Waals surface area contributed by atoms with Gasteiger partial charge in [-0.25, -0.2) is 4.39 Å². The van der Waals surface area contributed by atoms with Crippen molar-refractivity contribution in [2.24, 2.45) is 10.8 Å². The summed E-state index contributed by atoms with van der Waals surface area (Å²) in [6.07, 6.45) is 0.854. The maximum Gasteiger partial charge on any atom is 0.317 e. The number of benzene rings is 2. The van der Waals surface area contributed by atoms with Gasteiger partial charge in [0.2, 0.25) is 0 Å². The monoisotopic (exact) mass is 328 g/mol. The van der Waals surface area contributed by atoms with Gasteiger partial charge in [-0.05, 0) is 54.2 Å². The third-order valence-corrected chi connectivity index (χ3v) is 4.86. The molecule has 1 saturated carbocycles. The summed E-state index contributed by atoms with van der Waals surface area (Å²) in [5.41, 5.74) is 1.51. The Morgan fingerprint density at radius 2 is 1.33 bits per heavy atom. The Bertz CT molecular complexity index is 702. The van der Waals surface area contributed by atoms with Gasteiger partial charge in [0.05, 0.1) is 5.41 Å². The first-order chi connectivity index (χ1) is 11.3. The van der Waals surface area contributed by atoms with Crippen molar-refractivity contribution in [2.75, 3.05) is 0 Å². The normalized spacial score (nSPS) is 20.6. The minimum Gasteiger partial charge on any atom is -0.426 e. The second-order valence-corrected chi connectivity index (χ2v) is 6.81. The highest BCUT2D eigenvalue weighted by molar-refractivity contribution is 5.83. The van der Waals surface area contributed by atoms with Crippen molar-refractivity contribution in [1.29, 1.82) is 0 Å². The Hall–Kier alpha value is -2.16.